The van der Waals surface area contributed by atoms with E-state index in [-0.39, 0.29) is 0 Å². The lowest BCUT2D eigenvalue weighted by atomic mass is 10.1. The standard InChI is InChI=1S/C14H22OS/c1-3-4-5-6-7-12(2)15-13-8-10-14(16)11-9-13/h8-12,16H,3-7H2,1-2H3. The zero-order valence-corrected chi connectivity index (χ0v) is 11.2. The molecule has 2 heteroatoms. The highest BCUT2D eigenvalue weighted by Crippen LogP contribution is 2.17. The summed E-state index contributed by atoms with van der Waals surface area (Å²) < 4.78 is 5.82. The summed E-state index contributed by atoms with van der Waals surface area (Å²) in [5.41, 5.74) is 0. The van der Waals surface area contributed by atoms with E-state index in [9.17, 15) is 0 Å². The summed E-state index contributed by atoms with van der Waals surface area (Å²) >= 11 is 4.25. The molecule has 0 aliphatic rings. The van der Waals surface area contributed by atoms with Gasteiger partial charge in [-0.3, -0.25) is 0 Å². The van der Waals surface area contributed by atoms with Crippen molar-refractivity contribution in [3.05, 3.63) is 24.3 Å². The predicted octanol–water partition coefficient (Wildman–Crippen LogP) is 4.71. The van der Waals surface area contributed by atoms with Gasteiger partial charge < -0.3 is 4.74 Å². The number of thiol groups is 1. The minimum atomic E-state index is 0.308. The van der Waals surface area contributed by atoms with Gasteiger partial charge in [-0.25, -0.2) is 0 Å². The molecule has 0 saturated heterocycles. The summed E-state index contributed by atoms with van der Waals surface area (Å²) in [6.07, 6.45) is 6.66. The van der Waals surface area contributed by atoms with Gasteiger partial charge in [0.15, 0.2) is 0 Å². The van der Waals surface area contributed by atoms with Crippen molar-refractivity contribution in [2.45, 2.75) is 57.0 Å². The Morgan fingerprint density at radius 1 is 1.12 bits per heavy atom. The lowest BCUT2D eigenvalue weighted by Crippen LogP contribution is -2.11. The first-order chi connectivity index (χ1) is 7.72. The molecule has 1 unspecified atom stereocenters. The van der Waals surface area contributed by atoms with Crippen molar-refractivity contribution in [1.29, 1.82) is 0 Å². The number of hydrogen-bond donors (Lipinski definition) is 1. The molecule has 0 bridgehead atoms. The van der Waals surface area contributed by atoms with E-state index in [2.05, 4.69) is 26.5 Å². The molecule has 0 fully saturated rings. The van der Waals surface area contributed by atoms with E-state index < -0.39 is 0 Å². The van der Waals surface area contributed by atoms with Crippen LogP contribution in [-0.4, -0.2) is 6.10 Å². The zero-order valence-electron chi connectivity index (χ0n) is 10.3. The lowest BCUT2D eigenvalue weighted by molar-refractivity contribution is 0.206. The highest BCUT2D eigenvalue weighted by atomic mass is 32.1. The van der Waals surface area contributed by atoms with E-state index >= 15 is 0 Å². The van der Waals surface area contributed by atoms with Gasteiger partial charge in [-0.2, -0.15) is 0 Å². The van der Waals surface area contributed by atoms with E-state index in [4.69, 9.17) is 4.74 Å². The van der Waals surface area contributed by atoms with Crippen LogP contribution in [0.3, 0.4) is 0 Å². The van der Waals surface area contributed by atoms with Crippen molar-refractivity contribution in [1.82, 2.24) is 0 Å². The van der Waals surface area contributed by atoms with Gasteiger partial charge in [0.05, 0.1) is 6.10 Å². The van der Waals surface area contributed by atoms with Gasteiger partial charge in [-0.1, -0.05) is 26.2 Å². The Kier molecular flexibility index (Phi) is 6.39. The molecule has 1 rings (SSSR count). The maximum Gasteiger partial charge on any atom is 0.119 e. The first-order valence-corrected chi connectivity index (χ1v) is 6.62. The number of rotatable bonds is 7. The van der Waals surface area contributed by atoms with Crippen molar-refractivity contribution in [3.63, 3.8) is 0 Å². The normalized spacial score (nSPS) is 12.4. The first kappa shape index (κ1) is 13.4. The molecule has 0 N–H and O–H groups in total. The van der Waals surface area contributed by atoms with Gasteiger partial charge in [0, 0.05) is 4.90 Å². The zero-order chi connectivity index (χ0) is 11.8. The van der Waals surface area contributed by atoms with Crippen molar-refractivity contribution < 1.29 is 4.74 Å². The van der Waals surface area contributed by atoms with Crippen LogP contribution in [0.1, 0.15) is 46.0 Å². The van der Waals surface area contributed by atoms with Crippen LogP contribution in [0.25, 0.3) is 0 Å². The van der Waals surface area contributed by atoms with E-state index in [0.29, 0.717) is 6.10 Å². The van der Waals surface area contributed by atoms with E-state index in [0.717, 1.165) is 17.1 Å². The molecular weight excluding hydrogens is 216 g/mol. The topological polar surface area (TPSA) is 9.23 Å². The predicted molar refractivity (Wildman–Crippen MR) is 72.5 cm³/mol. The van der Waals surface area contributed by atoms with Crippen molar-refractivity contribution in [2.75, 3.05) is 0 Å². The van der Waals surface area contributed by atoms with Gasteiger partial charge in [0.25, 0.3) is 0 Å². The summed E-state index contributed by atoms with van der Waals surface area (Å²) in [6, 6.07) is 7.88. The second kappa shape index (κ2) is 7.61. The van der Waals surface area contributed by atoms with E-state index in [1.165, 1.54) is 25.7 Å². The van der Waals surface area contributed by atoms with Crippen LogP contribution in [0.4, 0.5) is 0 Å². The smallest absolute Gasteiger partial charge is 0.119 e. The molecule has 0 aliphatic heterocycles. The third-order valence-corrected chi connectivity index (χ3v) is 2.94. The van der Waals surface area contributed by atoms with Crippen LogP contribution >= 0.6 is 12.6 Å². The highest BCUT2D eigenvalue weighted by molar-refractivity contribution is 7.80. The fraction of sp³-hybridized carbons (Fsp3) is 0.571. The molecule has 1 atom stereocenters. The number of hydrogen-bond acceptors (Lipinski definition) is 2. The molecule has 1 nitrogen and oxygen atoms in total. The van der Waals surface area contributed by atoms with Gasteiger partial charge >= 0.3 is 0 Å². The van der Waals surface area contributed by atoms with E-state index in [1.54, 1.807) is 0 Å². The van der Waals surface area contributed by atoms with Crippen LogP contribution < -0.4 is 4.74 Å². The minimum absolute atomic E-state index is 0.308. The third-order valence-electron chi connectivity index (χ3n) is 2.64. The highest BCUT2D eigenvalue weighted by Gasteiger charge is 2.03. The molecule has 1 aromatic carbocycles. The van der Waals surface area contributed by atoms with Crippen molar-refractivity contribution in [2.24, 2.45) is 0 Å². The Morgan fingerprint density at radius 2 is 1.81 bits per heavy atom. The molecule has 0 saturated carbocycles. The van der Waals surface area contributed by atoms with Gasteiger partial charge in [0.2, 0.25) is 0 Å². The lowest BCUT2D eigenvalue weighted by Gasteiger charge is -2.14. The summed E-state index contributed by atoms with van der Waals surface area (Å²) in [7, 11) is 0. The molecule has 0 heterocycles. The Morgan fingerprint density at radius 3 is 2.44 bits per heavy atom. The Balaban J connectivity index is 2.23. The molecule has 90 valence electrons. The Bertz CT molecular complexity index is 281. The van der Waals surface area contributed by atoms with Gasteiger partial charge in [0.1, 0.15) is 5.75 Å². The quantitative estimate of drug-likeness (QED) is 0.534. The van der Waals surface area contributed by atoms with Crippen LogP contribution in [0.5, 0.6) is 5.75 Å². The Hall–Kier alpha value is -0.630. The largest absolute Gasteiger partial charge is 0.491 e. The molecule has 1 aromatic rings. The average Bonchev–Trinajstić information content (AvgIpc) is 2.28. The van der Waals surface area contributed by atoms with Gasteiger partial charge in [-0.15, -0.1) is 12.6 Å². The van der Waals surface area contributed by atoms with Crippen molar-refractivity contribution in [3.8, 4) is 5.75 Å². The summed E-state index contributed by atoms with van der Waals surface area (Å²) in [4.78, 5) is 0.975. The van der Waals surface area contributed by atoms with Crippen LogP contribution in [0.15, 0.2) is 29.2 Å². The van der Waals surface area contributed by atoms with E-state index in [1.807, 2.05) is 24.3 Å². The molecule has 0 amide bonds. The molecule has 16 heavy (non-hydrogen) atoms. The molecule has 0 radical (unpaired) electrons. The average molecular weight is 238 g/mol. The van der Waals surface area contributed by atoms with Crippen LogP contribution in [-0.2, 0) is 0 Å². The number of ether oxygens (including phenoxy) is 1. The second-order valence-electron chi connectivity index (χ2n) is 4.27. The van der Waals surface area contributed by atoms with Gasteiger partial charge in [-0.05, 0) is 44.0 Å². The SMILES string of the molecule is CCCCCCC(C)Oc1ccc(S)cc1. The molecule has 0 aromatic heterocycles. The monoisotopic (exact) mass is 238 g/mol. The number of benzene rings is 1. The minimum Gasteiger partial charge on any atom is -0.491 e. The maximum absolute atomic E-state index is 5.82. The number of unbranched alkanes of at least 4 members (excludes halogenated alkanes) is 3. The maximum atomic E-state index is 5.82. The molecule has 0 spiro atoms. The fourth-order valence-electron chi connectivity index (χ4n) is 1.67. The van der Waals surface area contributed by atoms with Crippen LogP contribution in [0, 0.1) is 0 Å². The van der Waals surface area contributed by atoms with Crippen molar-refractivity contribution >= 4 is 12.6 Å². The Labute approximate surface area is 105 Å². The van der Waals surface area contributed by atoms with Crippen LogP contribution in [0.2, 0.25) is 0 Å². The summed E-state index contributed by atoms with van der Waals surface area (Å²) in [5, 5.41) is 0. The molecular formula is C14H22OS. The third kappa shape index (κ3) is 5.45. The molecule has 0 aliphatic carbocycles. The first-order valence-electron chi connectivity index (χ1n) is 6.18. The fourth-order valence-corrected chi connectivity index (χ4v) is 1.82. The summed E-state index contributed by atoms with van der Waals surface area (Å²) in [6.45, 7) is 4.37. The second-order valence-corrected chi connectivity index (χ2v) is 4.79. The summed E-state index contributed by atoms with van der Waals surface area (Å²) in [5.74, 6) is 0.945.